The van der Waals surface area contributed by atoms with Gasteiger partial charge in [0.2, 0.25) is 0 Å². The highest BCUT2D eigenvalue weighted by molar-refractivity contribution is 5.77. The SMILES string of the molecule is Cc1ccc(OCC(=O)NCc2ccccc2C[NH+](C)C)cc1C. The van der Waals surface area contributed by atoms with Crippen LogP contribution in [0.15, 0.2) is 42.5 Å². The summed E-state index contributed by atoms with van der Waals surface area (Å²) in [5.41, 5.74) is 4.78. The van der Waals surface area contributed by atoms with Crippen LogP contribution in [0.25, 0.3) is 0 Å². The van der Waals surface area contributed by atoms with Gasteiger partial charge in [0, 0.05) is 12.1 Å². The number of benzene rings is 2. The van der Waals surface area contributed by atoms with Crippen LogP contribution in [0.1, 0.15) is 22.3 Å². The zero-order valence-electron chi connectivity index (χ0n) is 15.0. The van der Waals surface area contributed by atoms with Crippen molar-refractivity contribution >= 4 is 5.91 Å². The van der Waals surface area contributed by atoms with Crippen LogP contribution >= 0.6 is 0 Å². The van der Waals surface area contributed by atoms with Gasteiger partial charge in [-0.15, -0.1) is 0 Å². The van der Waals surface area contributed by atoms with Crippen molar-refractivity contribution in [3.05, 3.63) is 64.7 Å². The molecule has 1 amide bonds. The normalized spacial score (nSPS) is 10.7. The molecule has 0 unspecified atom stereocenters. The van der Waals surface area contributed by atoms with E-state index in [-0.39, 0.29) is 12.5 Å². The van der Waals surface area contributed by atoms with E-state index in [0.717, 1.165) is 23.4 Å². The van der Waals surface area contributed by atoms with Crippen molar-refractivity contribution in [2.45, 2.75) is 26.9 Å². The fraction of sp³-hybridized carbons (Fsp3) is 0.350. The van der Waals surface area contributed by atoms with Crippen LogP contribution in [0.5, 0.6) is 5.75 Å². The molecule has 128 valence electrons. The number of hydrogen-bond acceptors (Lipinski definition) is 2. The first kappa shape index (κ1) is 18.0. The minimum Gasteiger partial charge on any atom is -0.484 e. The Morgan fingerprint density at radius 2 is 1.75 bits per heavy atom. The zero-order chi connectivity index (χ0) is 17.5. The molecule has 0 aromatic heterocycles. The van der Waals surface area contributed by atoms with Gasteiger partial charge >= 0.3 is 0 Å². The smallest absolute Gasteiger partial charge is 0.258 e. The predicted molar refractivity (Wildman–Crippen MR) is 96.2 cm³/mol. The number of carbonyl (C=O) groups is 1. The monoisotopic (exact) mass is 327 g/mol. The Labute approximate surface area is 144 Å². The third-order valence-electron chi connectivity index (χ3n) is 3.99. The van der Waals surface area contributed by atoms with Gasteiger partial charge in [-0.25, -0.2) is 0 Å². The molecule has 0 aliphatic carbocycles. The van der Waals surface area contributed by atoms with E-state index in [1.165, 1.54) is 16.0 Å². The van der Waals surface area contributed by atoms with E-state index in [1.807, 2.05) is 37.3 Å². The average Bonchev–Trinajstić information content (AvgIpc) is 2.54. The van der Waals surface area contributed by atoms with Crippen LogP contribution in [0.2, 0.25) is 0 Å². The van der Waals surface area contributed by atoms with Gasteiger partial charge in [0.1, 0.15) is 12.3 Å². The second-order valence-corrected chi connectivity index (χ2v) is 6.46. The Morgan fingerprint density at radius 1 is 1.04 bits per heavy atom. The second kappa shape index (κ2) is 8.50. The number of rotatable bonds is 7. The number of ether oxygens (including phenoxy) is 1. The van der Waals surface area contributed by atoms with Crippen molar-refractivity contribution in [1.29, 1.82) is 0 Å². The van der Waals surface area contributed by atoms with E-state index in [1.54, 1.807) is 0 Å². The lowest BCUT2D eigenvalue weighted by Gasteiger charge is -2.13. The van der Waals surface area contributed by atoms with Crippen LogP contribution in [-0.4, -0.2) is 26.6 Å². The molecule has 2 aromatic carbocycles. The first-order valence-electron chi connectivity index (χ1n) is 8.28. The van der Waals surface area contributed by atoms with Crippen molar-refractivity contribution in [3.63, 3.8) is 0 Å². The maximum absolute atomic E-state index is 12.0. The van der Waals surface area contributed by atoms with Crippen molar-refractivity contribution in [2.24, 2.45) is 0 Å². The van der Waals surface area contributed by atoms with Crippen molar-refractivity contribution in [1.82, 2.24) is 5.32 Å². The number of nitrogens with one attached hydrogen (secondary N) is 2. The molecule has 0 atom stereocenters. The number of aryl methyl sites for hydroxylation is 2. The lowest BCUT2D eigenvalue weighted by Crippen LogP contribution is -3.04. The maximum Gasteiger partial charge on any atom is 0.258 e. The minimum absolute atomic E-state index is 0.0313. The Balaban J connectivity index is 1.86. The number of carbonyl (C=O) groups excluding carboxylic acids is 1. The molecule has 0 aliphatic heterocycles. The van der Waals surface area contributed by atoms with Crippen LogP contribution in [0.4, 0.5) is 0 Å². The first-order chi connectivity index (χ1) is 11.5. The molecule has 0 saturated heterocycles. The number of hydrogen-bond donors (Lipinski definition) is 2. The molecule has 0 radical (unpaired) electrons. The quantitative estimate of drug-likeness (QED) is 0.812. The lowest BCUT2D eigenvalue weighted by molar-refractivity contribution is -0.872. The molecule has 2 rings (SSSR count). The maximum atomic E-state index is 12.0. The number of quaternary nitrogens is 1. The highest BCUT2D eigenvalue weighted by Crippen LogP contribution is 2.16. The summed E-state index contributed by atoms with van der Waals surface area (Å²) in [5, 5.41) is 2.94. The van der Waals surface area contributed by atoms with Crippen molar-refractivity contribution in [2.75, 3.05) is 20.7 Å². The summed E-state index contributed by atoms with van der Waals surface area (Å²) < 4.78 is 5.57. The summed E-state index contributed by atoms with van der Waals surface area (Å²) in [6, 6.07) is 14.1. The van der Waals surface area contributed by atoms with Crippen LogP contribution in [-0.2, 0) is 17.9 Å². The Kier molecular flexibility index (Phi) is 6.38. The van der Waals surface area contributed by atoms with Crippen molar-refractivity contribution in [3.8, 4) is 5.75 Å². The molecule has 0 aliphatic rings. The van der Waals surface area contributed by atoms with E-state index in [4.69, 9.17) is 4.74 Å². The Morgan fingerprint density at radius 3 is 2.42 bits per heavy atom. The van der Waals surface area contributed by atoms with E-state index in [0.29, 0.717) is 6.54 Å². The molecule has 4 heteroatoms. The third-order valence-corrected chi connectivity index (χ3v) is 3.99. The van der Waals surface area contributed by atoms with Gasteiger partial charge in [-0.05, 0) is 42.7 Å². The first-order valence-corrected chi connectivity index (χ1v) is 8.28. The molecule has 0 bridgehead atoms. The molecule has 4 nitrogen and oxygen atoms in total. The van der Waals surface area contributed by atoms with E-state index < -0.39 is 0 Å². The minimum atomic E-state index is -0.111. The molecule has 2 N–H and O–H groups in total. The van der Waals surface area contributed by atoms with E-state index >= 15 is 0 Å². The van der Waals surface area contributed by atoms with E-state index in [9.17, 15) is 4.79 Å². The molecule has 0 saturated carbocycles. The third kappa shape index (κ3) is 5.39. The zero-order valence-corrected chi connectivity index (χ0v) is 15.0. The van der Waals surface area contributed by atoms with E-state index in [2.05, 4.69) is 38.5 Å². The second-order valence-electron chi connectivity index (χ2n) is 6.46. The average molecular weight is 327 g/mol. The molecule has 0 spiro atoms. The van der Waals surface area contributed by atoms with Gasteiger partial charge in [0.05, 0.1) is 14.1 Å². The van der Waals surface area contributed by atoms with Crippen LogP contribution in [0.3, 0.4) is 0 Å². The van der Waals surface area contributed by atoms with Crippen LogP contribution < -0.4 is 15.0 Å². The van der Waals surface area contributed by atoms with Gasteiger partial charge in [-0.2, -0.15) is 0 Å². The van der Waals surface area contributed by atoms with Crippen molar-refractivity contribution < 1.29 is 14.4 Å². The largest absolute Gasteiger partial charge is 0.484 e. The molecule has 0 fully saturated rings. The van der Waals surface area contributed by atoms with Gasteiger partial charge < -0.3 is 15.0 Å². The summed E-state index contributed by atoms with van der Waals surface area (Å²) >= 11 is 0. The van der Waals surface area contributed by atoms with Crippen LogP contribution in [0, 0.1) is 13.8 Å². The standard InChI is InChI=1S/C20H26N2O2/c1-15-9-10-19(11-16(15)2)24-14-20(23)21-12-17-7-5-6-8-18(17)13-22(3)4/h5-11H,12-14H2,1-4H3,(H,21,23)/p+1. The van der Waals surface area contributed by atoms with Gasteiger partial charge in [-0.1, -0.05) is 30.3 Å². The Hall–Kier alpha value is -2.33. The van der Waals surface area contributed by atoms with Gasteiger partial charge in [-0.3, -0.25) is 4.79 Å². The van der Waals surface area contributed by atoms with Gasteiger partial charge in [0.25, 0.3) is 5.91 Å². The predicted octanol–water partition coefficient (Wildman–Crippen LogP) is 1.64. The topological polar surface area (TPSA) is 42.8 Å². The summed E-state index contributed by atoms with van der Waals surface area (Å²) in [4.78, 5) is 13.4. The molecule has 24 heavy (non-hydrogen) atoms. The summed E-state index contributed by atoms with van der Waals surface area (Å²) in [6.07, 6.45) is 0. The molecular formula is C20H27N2O2+. The summed E-state index contributed by atoms with van der Waals surface area (Å²) in [5.74, 6) is 0.616. The Bertz CT molecular complexity index is 696. The fourth-order valence-electron chi connectivity index (χ4n) is 2.48. The van der Waals surface area contributed by atoms with Gasteiger partial charge in [0.15, 0.2) is 6.61 Å². The highest BCUT2D eigenvalue weighted by Gasteiger charge is 2.08. The summed E-state index contributed by atoms with van der Waals surface area (Å²) in [6.45, 7) is 5.58. The summed E-state index contributed by atoms with van der Waals surface area (Å²) in [7, 11) is 4.24. The molecular weight excluding hydrogens is 300 g/mol. The molecule has 0 heterocycles. The molecule has 2 aromatic rings. The number of amides is 1. The lowest BCUT2D eigenvalue weighted by atomic mass is 10.1. The highest BCUT2D eigenvalue weighted by atomic mass is 16.5. The fourth-order valence-corrected chi connectivity index (χ4v) is 2.48.